The molecule has 0 radical (unpaired) electrons. The molecular weight excluding hydrogens is 342 g/mol. The lowest BCUT2D eigenvalue weighted by Crippen LogP contribution is -2.43. The van der Waals surface area contributed by atoms with E-state index in [4.69, 9.17) is 4.42 Å². The second kappa shape index (κ2) is 6.67. The molecule has 0 aliphatic carbocycles. The standard InChI is InChI=1S/C21H19N3OS/c1-2-6-17-15(4-1)5-3-7-20(17)26-16-8-9-18-19(14-16)25-21(23-18)24-12-10-22-11-13-24/h1-9,14,22H,10-13H2. The van der Waals surface area contributed by atoms with Crippen LogP contribution in [0.2, 0.25) is 0 Å². The van der Waals surface area contributed by atoms with Gasteiger partial charge >= 0.3 is 0 Å². The first kappa shape index (κ1) is 15.7. The van der Waals surface area contributed by atoms with Crippen LogP contribution in [0.25, 0.3) is 21.9 Å². The number of hydrogen-bond acceptors (Lipinski definition) is 5. The van der Waals surface area contributed by atoms with Crippen LogP contribution < -0.4 is 10.2 Å². The Morgan fingerprint density at radius 1 is 0.962 bits per heavy atom. The third-order valence-electron chi connectivity index (χ3n) is 4.71. The number of benzene rings is 3. The molecule has 0 unspecified atom stereocenters. The number of nitrogens with zero attached hydrogens (tertiary/aromatic N) is 2. The van der Waals surface area contributed by atoms with Crippen LogP contribution in [0.5, 0.6) is 0 Å². The van der Waals surface area contributed by atoms with Crippen molar-refractivity contribution in [2.45, 2.75) is 9.79 Å². The number of nitrogens with one attached hydrogen (secondary N) is 1. The van der Waals surface area contributed by atoms with Gasteiger partial charge in [0.15, 0.2) is 5.58 Å². The lowest BCUT2D eigenvalue weighted by atomic mass is 10.1. The monoisotopic (exact) mass is 361 g/mol. The van der Waals surface area contributed by atoms with Crippen LogP contribution >= 0.6 is 11.8 Å². The summed E-state index contributed by atoms with van der Waals surface area (Å²) in [7, 11) is 0. The smallest absolute Gasteiger partial charge is 0.298 e. The van der Waals surface area contributed by atoms with Gasteiger partial charge in [0.2, 0.25) is 0 Å². The summed E-state index contributed by atoms with van der Waals surface area (Å²) in [6, 6.07) is 21.9. The molecule has 130 valence electrons. The van der Waals surface area contributed by atoms with E-state index >= 15 is 0 Å². The molecule has 1 N–H and O–H groups in total. The zero-order valence-electron chi connectivity index (χ0n) is 14.3. The molecule has 3 aromatic carbocycles. The Morgan fingerprint density at radius 3 is 2.73 bits per heavy atom. The average Bonchev–Trinajstić information content (AvgIpc) is 3.12. The Bertz CT molecular complexity index is 1060. The summed E-state index contributed by atoms with van der Waals surface area (Å²) in [5, 5.41) is 5.89. The fraction of sp³-hybridized carbons (Fsp3) is 0.190. The van der Waals surface area contributed by atoms with Crippen molar-refractivity contribution in [2.75, 3.05) is 31.1 Å². The van der Waals surface area contributed by atoms with Crippen LogP contribution in [-0.4, -0.2) is 31.2 Å². The van der Waals surface area contributed by atoms with Gasteiger partial charge < -0.3 is 14.6 Å². The molecule has 5 rings (SSSR count). The predicted octanol–water partition coefficient (Wildman–Crippen LogP) is 4.54. The minimum Gasteiger partial charge on any atom is -0.423 e. The zero-order valence-corrected chi connectivity index (χ0v) is 15.1. The van der Waals surface area contributed by atoms with Crippen molar-refractivity contribution in [3.05, 3.63) is 60.7 Å². The minimum absolute atomic E-state index is 0.730. The van der Waals surface area contributed by atoms with Crippen molar-refractivity contribution in [2.24, 2.45) is 0 Å². The van der Waals surface area contributed by atoms with Crippen LogP contribution in [0.3, 0.4) is 0 Å². The van der Waals surface area contributed by atoms with E-state index in [0.29, 0.717) is 0 Å². The van der Waals surface area contributed by atoms with Crippen molar-refractivity contribution >= 4 is 39.6 Å². The normalized spacial score (nSPS) is 15.0. The number of anilines is 1. The number of piperazine rings is 1. The lowest BCUT2D eigenvalue weighted by Gasteiger charge is -2.25. The van der Waals surface area contributed by atoms with Crippen molar-refractivity contribution in [1.82, 2.24) is 10.3 Å². The number of rotatable bonds is 3. The van der Waals surface area contributed by atoms with Crippen molar-refractivity contribution in [3.8, 4) is 0 Å². The molecule has 2 heterocycles. The highest BCUT2D eigenvalue weighted by molar-refractivity contribution is 7.99. The first-order valence-electron chi connectivity index (χ1n) is 8.89. The number of aromatic nitrogens is 1. The summed E-state index contributed by atoms with van der Waals surface area (Å²) in [6.45, 7) is 3.82. The van der Waals surface area contributed by atoms with E-state index in [1.54, 1.807) is 11.8 Å². The van der Waals surface area contributed by atoms with Crippen molar-refractivity contribution in [3.63, 3.8) is 0 Å². The SMILES string of the molecule is c1ccc2c(Sc3ccc4nc(N5CCNCC5)oc4c3)cccc2c1. The maximum atomic E-state index is 6.05. The molecule has 5 heteroatoms. The summed E-state index contributed by atoms with van der Waals surface area (Å²) < 4.78 is 6.05. The molecule has 1 aromatic heterocycles. The second-order valence-corrected chi connectivity index (χ2v) is 7.56. The molecule has 0 saturated carbocycles. The predicted molar refractivity (Wildman–Crippen MR) is 107 cm³/mol. The Balaban J connectivity index is 1.47. The second-order valence-electron chi connectivity index (χ2n) is 6.44. The molecule has 0 atom stereocenters. The van der Waals surface area contributed by atoms with Gasteiger partial charge in [-0.15, -0.1) is 0 Å². The first-order valence-corrected chi connectivity index (χ1v) is 9.70. The summed E-state index contributed by atoms with van der Waals surface area (Å²) >= 11 is 1.77. The quantitative estimate of drug-likeness (QED) is 0.580. The van der Waals surface area contributed by atoms with Gasteiger partial charge in [0, 0.05) is 36.0 Å². The van der Waals surface area contributed by atoms with Gasteiger partial charge in [0.25, 0.3) is 6.01 Å². The van der Waals surface area contributed by atoms with Crippen LogP contribution in [-0.2, 0) is 0 Å². The highest BCUT2D eigenvalue weighted by Gasteiger charge is 2.16. The zero-order chi connectivity index (χ0) is 17.3. The molecule has 1 saturated heterocycles. The number of hydrogen-bond donors (Lipinski definition) is 1. The van der Waals surface area contributed by atoms with Gasteiger partial charge in [0.05, 0.1) is 0 Å². The average molecular weight is 361 g/mol. The van der Waals surface area contributed by atoms with Gasteiger partial charge in [-0.05, 0) is 35.0 Å². The molecule has 0 bridgehead atoms. The molecule has 0 amide bonds. The Labute approximate surface area is 156 Å². The molecule has 0 spiro atoms. The topological polar surface area (TPSA) is 41.3 Å². The lowest BCUT2D eigenvalue weighted by molar-refractivity contribution is 0.517. The molecule has 4 aromatic rings. The van der Waals surface area contributed by atoms with E-state index in [1.165, 1.54) is 15.7 Å². The summed E-state index contributed by atoms with van der Waals surface area (Å²) in [5.74, 6) is 0. The van der Waals surface area contributed by atoms with Crippen LogP contribution in [0.15, 0.2) is 74.9 Å². The molecule has 26 heavy (non-hydrogen) atoms. The highest BCUT2D eigenvalue weighted by Crippen LogP contribution is 2.35. The van der Waals surface area contributed by atoms with Crippen LogP contribution in [0.4, 0.5) is 6.01 Å². The fourth-order valence-corrected chi connectivity index (χ4v) is 4.36. The number of oxazole rings is 1. The molecule has 1 aliphatic heterocycles. The van der Waals surface area contributed by atoms with Crippen LogP contribution in [0.1, 0.15) is 0 Å². The summed E-state index contributed by atoms with van der Waals surface area (Å²) in [5.41, 5.74) is 1.77. The Hall–Kier alpha value is -2.50. The highest BCUT2D eigenvalue weighted by atomic mass is 32.2. The fourth-order valence-electron chi connectivity index (χ4n) is 3.36. The maximum Gasteiger partial charge on any atom is 0.298 e. The van der Waals surface area contributed by atoms with E-state index in [9.17, 15) is 0 Å². The minimum atomic E-state index is 0.730. The van der Waals surface area contributed by atoms with Crippen molar-refractivity contribution < 1.29 is 4.42 Å². The molecule has 4 nitrogen and oxygen atoms in total. The molecule has 1 fully saturated rings. The largest absolute Gasteiger partial charge is 0.423 e. The third-order valence-corrected chi connectivity index (χ3v) is 5.78. The van der Waals surface area contributed by atoms with Crippen molar-refractivity contribution in [1.29, 1.82) is 0 Å². The van der Waals surface area contributed by atoms with Gasteiger partial charge in [-0.3, -0.25) is 0 Å². The van der Waals surface area contributed by atoms with Gasteiger partial charge in [0.1, 0.15) is 5.52 Å². The van der Waals surface area contributed by atoms with E-state index in [0.717, 1.165) is 48.2 Å². The summed E-state index contributed by atoms with van der Waals surface area (Å²) in [4.78, 5) is 9.28. The molecular formula is C21H19N3OS. The van der Waals surface area contributed by atoms with E-state index in [2.05, 4.69) is 75.9 Å². The first-order chi connectivity index (χ1) is 12.9. The van der Waals surface area contributed by atoms with Gasteiger partial charge in [-0.1, -0.05) is 48.2 Å². The van der Waals surface area contributed by atoms with Gasteiger partial charge in [-0.2, -0.15) is 4.98 Å². The van der Waals surface area contributed by atoms with E-state index < -0.39 is 0 Å². The Morgan fingerprint density at radius 2 is 1.81 bits per heavy atom. The third kappa shape index (κ3) is 2.93. The van der Waals surface area contributed by atoms with E-state index in [1.807, 2.05) is 0 Å². The Kier molecular flexibility index (Phi) is 4.03. The molecule has 1 aliphatic rings. The maximum absolute atomic E-state index is 6.05. The van der Waals surface area contributed by atoms with Gasteiger partial charge in [-0.25, -0.2) is 0 Å². The summed E-state index contributed by atoms with van der Waals surface area (Å²) in [6.07, 6.45) is 0. The number of fused-ring (bicyclic) bond motifs is 2. The van der Waals surface area contributed by atoms with Crippen LogP contribution in [0, 0.1) is 0 Å². The van der Waals surface area contributed by atoms with E-state index in [-0.39, 0.29) is 0 Å².